The maximum atomic E-state index is 12.0. The van der Waals surface area contributed by atoms with E-state index in [9.17, 15) is 9.59 Å². The van der Waals surface area contributed by atoms with Crippen LogP contribution in [0.15, 0.2) is 16.5 Å². The van der Waals surface area contributed by atoms with Gasteiger partial charge in [-0.2, -0.15) is 0 Å². The van der Waals surface area contributed by atoms with Crippen LogP contribution < -0.4 is 5.73 Å². The molecule has 1 fully saturated rings. The summed E-state index contributed by atoms with van der Waals surface area (Å²) in [6, 6.07) is 3.04. The largest absolute Gasteiger partial charge is 0.440 e. The summed E-state index contributed by atoms with van der Waals surface area (Å²) < 4.78 is 5.05. The highest BCUT2D eigenvalue weighted by atomic mass is 35.5. The lowest BCUT2D eigenvalue weighted by atomic mass is 9.97. The predicted molar refractivity (Wildman–Crippen MR) is 61.5 cm³/mol. The molecule has 0 saturated carbocycles. The lowest BCUT2D eigenvalue weighted by molar-refractivity contribution is -0.123. The molecule has 1 aromatic rings. The molecule has 1 atom stereocenters. The van der Waals surface area contributed by atoms with Crippen molar-refractivity contribution in [3.63, 3.8) is 0 Å². The van der Waals surface area contributed by atoms with Crippen LogP contribution in [0.25, 0.3) is 0 Å². The van der Waals surface area contributed by atoms with Crippen LogP contribution in [0.5, 0.6) is 0 Å². The third-order valence-corrected chi connectivity index (χ3v) is 3.10. The number of amides is 2. The molecule has 1 aliphatic heterocycles. The van der Waals surface area contributed by atoms with E-state index in [1.54, 1.807) is 4.90 Å². The zero-order valence-corrected chi connectivity index (χ0v) is 9.94. The highest BCUT2D eigenvalue weighted by molar-refractivity contribution is 6.29. The molecule has 17 heavy (non-hydrogen) atoms. The standard InChI is InChI=1S/C11H13ClN2O3/c12-9-4-3-8(17-9)11(16)14-5-1-2-7(6-14)10(13)15/h3-4,7H,1-2,5-6H2,(H2,13,15). The first-order valence-electron chi connectivity index (χ1n) is 5.42. The maximum Gasteiger partial charge on any atom is 0.289 e. The Morgan fingerprint density at radius 3 is 2.82 bits per heavy atom. The SMILES string of the molecule is NC(=O)C1CCCN(C(=O)c2ccc(Cl)o2)C1. The van der Waals surface area contributed by atoms with E-state index < -0.39 is 0 Å². The van der Waals surface area contributed by atoms with Gasteiger partial charge in [-0.05, 0) is 36.6 Å². The molecule has 1 saturated heterocycles. The van der Waals surface area contributed by atoms with Crippen molar-refractivity contribution in [2.45, 2.75) is 12.8 Å². The normalized spacial score (nSPS) is 20.3. The van der Waals surface area contributed by atoms with E-state index in [0.717, 1.165) is 12.8 Å². The average Bonchev–Trinajstić information content (AvgIpc) is 2.75. The van der Waals surface area contributed by atoms with Gasteiger partial charge in [0, 0.05) is 13.1 Å². The van der Waals surface area contributed by atoms with Gasteiger partial charge in [0.25, 0.3) is 5.91 Å². The van der Waals surface area contributed by atoms with Crippen molar-refractivity contribution in [3.8, 4) is 0 Å². The maximum absolute atomic E-state index is 12.0. The van der Waals surface area contributed by atoms with Gasteiger partial charge >= 0.3 is 0 Å². The number of halogens is 1. The van der Waals surface area contributed by atoms with Crippen LogP contribution in [-0.4, -0.2) is 29.8 Å². The molecule has 2 heterocycles. The zero-order valence-electron chi connectivity index (χ0n) is 9.19. The third kappa shape index (κ3) is 2.61. The molecule has 5 nitrogen and oxygen atoms in total. The smallest absolute Gasteiger partial charge is 0.289 e. The summed E-state index contributed by atoms with van der Waals surface area (Å²) in [7, 11) is 0. The number of hydrogen-bond acceptors (Lipinski definition) is 3. The van der Waals surface area contributed by atoms with Crippen molar-refractivity contribution in [2.24, 2.45) is 11.7 Å². The van der Waals surface area contributed by atoms with Crippen LogP contribution in [0.1, 0.15) is 23.4 Å². The van der Waals surface area contributed by atoms with Gasteiger partial charge in [0.2, 0.25) is 5.91 Å². The summed E-state index contributed by atoms with van der Waals surface area (Å²) in [4.78, 5) is 24.7. The van der Waals surface area contributed by atoms with Gasteiger partial charge in [-0.15, -0.1) is 0 Å². The van der Waals surface area contributed by atoms with Crippen LogP contribution in [0.2, 0.25) is 5.22 Å². The number of hydrogen-bond donors (Lipinski definition) is 1. The van der Waals surface area contributed by atoms with Gasteiger partial charge in [-0.25, -0.2) is 0 Å². The minimum Gasteiger partial charge on any atom is -0.440 e. The highest BCUT2D eigenvalue weighted by Gasteiger charge is 2.28. The number of nitrogens with two attached hydrogens (primary N) is 1. The summed E-state index contributed by atoms with van der Waals surface area (Å²) in [6.45, 7) is 0.966. The number of carbonyl (C=O) groups excluding carboxylic acids is 2. The number of likely N-dealkylation sites (tertiary alicyclic amines) is 1. The summed E-state index contributed by atoms with van der Waals surface area (Å²) in [5, 5.41) is 0.178. The number of nitrogens with zero attached hydrogens (tertiary/aromatic N) is 1. The van der Waals surface area contributed by atoms with Gasteiger partial charge < -0.3 is 15.1 Å². The molecular weight excluding hydrogens is 244 g/mol. The summed E-state index contributed by atoms with van der Waals surface area (Å²) in [5.74, 6) is -0.680. The highest BCUT2D eigenvalue weighted by Crippen LogP contribution is 2.20. The van der Waals surface area contributed by atoms with Gasteiger partial charge in [-0.3, -0.25) is 9.59 Å². The van der Waals surface area contributed by atoms with E-state index in [1.807, 2.05) is 0 Å². The Bertz CT molecular complexity index is 444. The fourth-order valence-corrected chi connectivity index (χ4v) is 2.13. The van der Waals surface area contributed by atoms with Gasteiger partial charge in [0.05, 0.1) is 5.92 Å². The lowest BCUT2D eigenvalue weighted by Gasteiger charge is -2.30. The molecule has 92 valence electrons. The molecule has 2 amide bonds. The average molecular weight is 257 g/mol. The molecule has 2 rings (SSSR count). The summed E-state index contributed by atoms with van der Waals surface area (Å²) in [5.41, 5.74) is 5.25. The molecule has 1 unspecified atom stereocenters. The monoisotopic (exact) mass is 256 g/mol. The topological polar surface area (TPSA) is 76.5 Å². The predicted octanol–water partition coefficient (Wildman–Crippen LogP) is 1.27. The Balaban J connectivity index is 2.07. The van der Waals surface area contributed by atoms with Crippen LogP contribution in [0.3, 0.4) is 0 Å². The zero-order chi connectivity index (χ0) is 12.4. The fourth-order valence-electron chi connectivity index (χ4n) is 1.98. The molecule has 2 N–H and O–H groups in total. The van der Waals surface area contributed by atoms with E-state index in [4.69, 9.17) is 21.8 Å². The molecular formula is C11H13ClN2O3. The van der Waals surface area contributed by atoms with Gasteiger partial charge in [0.15, 0.2) is 11.0 Å². The fraction of sp³-hybridized carbons (Fsp3) is 0.455. The van der Waals surface area contributed by atoms with E-state index in [1.165, 1.54) is 12.1 Å². The Morgan fingerprint density at radius 2 is 2.24 bits per heavy atom. The van der Waals surface area contributed by atoms with Crippen LogP contribution in [-0.2, 0) is 4.79 Å². The molecule has 1 aliphatic rings. The second-order valence-electron chi connectivity index (χ2n) is 4.10. The van der Waals surface area contributed by atoms with Gasteiger partial charge in [0.1, 0.15) is 0 Å². The summed E-state index contributed by atoms with van der Waals surface area (Å²) in [6.07, 6.45) is 1.51. The van der Waals surface area contributed by atoms with Crippen molar-refractivity contribution in [1.29, 1.82) is 0 Å². The van der Waals surface area contributed by atoms with Crippen molar-refractivity contribution in [1.82, 2.24) is 4.90 Å². The molecule has 6 heteroatoms. The first-order valence-corrected chi connectivity index (χ1v) is 5.79. The molecule has 0 aliphatic carbocycles. The number of rotatable bonds is 2. The second-order valence-corrected chi connectivity index (χ2v) is 4.47. The molecule has 0 spiro atoms. The first kappa shape index (κ1) is 12.0. The number of furan rings is 1. The van der Waals surface area contributed by atoms with Gasteiger partial charge in [-0.1, -0.05) is 0 Å². The summed E-state index contributed by atoms with van der Waals surface area (Å²) >= 11 is 5.61. The van der Waals surface area contributed by atoms with Crippen molar-refractivity contribution < 1.29 is 14.0 Å². The quantitative estimate of drug-likeness (QED) is 0.866. The van der Waals surface area contributed by atoms with Crippen LogP contribution in [0, 0.1) is 5.92 Å². The van der Waals surface area contributed by atoms with E-state index >= 15 is 0 Å². The van der Waals surface area contributed by atoms with Crippen molar-refractivity contribution >= 4 is 23.4 Å². The van der Waals surface area contributed by atoms with E-state index in [2.05, 4.69) is 0 Å². The molecule has 0 bridgehead atoms. The minimum absolute atomic E-state index is 0.178. The van der Waals surface area contributed by atoms with E-state index in [-0.39, 0.29) is 28.7 Å². The Morgan fingerprint density at radius 1 is 1.47 bits per heavy atom. The number of carbonyl (C=O) groups is 2. The molecule has 0 radical (unpaired) electrons. The van der Waals surface area contributed by atoms with Crippen LogP contribution in [0.4, 0.5) is 0 Å². The van der Waals surface area contributed by atoms with Crippen molar-refractivity contribution in [2.75, 3.05) is 13.1 Å². The Hall–Kier alpha value is -1.49. The number of piperidine rings is 1. The number of primary amides is 1. The van der Waals surface area contributed by atoms with Crippen LogP contribution >= 0.6 is 11.6 Å². The Kier molecular flexibility index (Phi) is 3.38. The molecule has 0 aromatic carbocycles. The molecule has 1 aromatic heterocycles. The lowest BCUT2D eigenvalue weighted by Crippen LogP contribution is -2.44. The van der Waals surface area contributed by atoms with Crippen molar-refractivity contribution in [3.05, 3.63) is 23.1 Å². The van der Waals surface area contributed by atoms with E-state index in [0.29, 0.717) is 13.1 Å². The third-order valence-electron chi connectivity index (χ3n) is 2.89. The Labute approximate surface area is 104 Å². The second kappa shape index (κ2) is 4.79. The minimum atomic E-state index is -0.361. The first-order chi connectivity index (χ1) is 8.08.